The highest BCUT2D eigenvalue weighted by Gasteiger charge is 2.39. The van der Waals surface area contributed by atoms with E-state index >= 15 is 0 Å². The van der Waals surface area contributed by atoms with E-state index in [2.05, 4.69) is 29.0 Å². The van der Waals surface area contributed by atoms with Crippen LogP contribution in [0.15, 0.2) is 48.5 Å². The molecule has 0 bridgehead atoms. The van der Waals surface area contributed by atoms with Gasteiger partial charge < -0.3 is 24.2 Å². The van der Waals surface area contributed by atoms with Crippen molar-refractivity contribution in [2.75, 3.05) is 27.3 Å². The lowest BCUT2D eigenvalue weighted by Gasteiger charge is -2.27. The van der Waals surface area contributed by atoms with E-state index in [0.29, 0.717) is 13.1 Å². The molecule has 1 heterocycles. The van der Waals surface area contributed by atoms with E-state index in [-0.39, 0.29) is 23.7 Å². The molecule has 4 rings (SSSR count). The zero-order valence-corrected chi connectivity index (χ0v) is 18.8. The van der Waals surface area contributed by atoms with Gasteiger partial charge in [-0.25, -0.2) is 4.79 Å². The first-order chi connectivity index (χ1) is 14.9. The molecule has 2 aromatic rings. The molecule has 6 nitrogen and oxygen atoms in total. The lowest BCUT2D eigenvalue weighted by atomic mass is 9.84. The highest BCUT2D eigenvalue weighted by molar-refractivity contribution is 5.67. The van der Waals surface area contributed by atoms with Crippen molar-refractivity contribution in [2.24, 2.45) is 5.41 Å². The first kappa shape index (κ1) is 22.9. The summed E-state index contributed by atoms with van der Waals surface area (Å²) in [6, 6.07) is 16.4. The van der Waals surface area contributed by atoms with E-state index in [9.17, 15) is 9.90 Å². The third-order valence-electron chi connectivity index (χ3n) is 6.32. The number of benzene rings is 2. The summed E-state index contributed by atoms with van der Waals surface area (Å²) in [5, 5.41) is 9.50. The van der Waals surface area contributed by atoms with Crippen molar-refractivity contribution < 1.29 is 24.1 Å². The molecule has 2 aliphatic rings. The number of rotatable bonds is 4. The number of likely N-dealkylation sites (tertiary alicyclic amines) is 1. The van der Waals surface area contributed by atoms with Crippen LogP contribution in [0.25, 0.3) is 0 Å². The monoisotopic (exact) mass is 427 g/mol. The third kappa shape index (κ3) is 5.50. The molecule has 31 heavy (non-hydrogen) atoms. The molecule has 1 amide bonds. The van der Waals surface area contributed by atoms with Crippen LogP contribution in [-0.4, -0.2) is 55.6 Å². The number of hydrogen-bond donors (Lipinski definition) is 1. The zero-order valence-electron chi connectivity index (χ0n) is 18.8. The van der Waals surface area contributed by atoms with Crippen molar-refractivity contribution in [1.29, 1.82) is 0 Å². The van der Waals surface area contributed by atoms with Crippen molar-refractivity contribution in [2.45, 2.75) is 45.3 Å². The van der Waals surface area contributed by atoms with Crippen molar-refractivity contribution in [3.8, 4) is 11.5 Å². The number of methoxy groups -OCH3 is 2. The Bertz CT molecular complexity index is 859. The van der Waals surface area contributed by atoms with Gasteiger partial charge in [-0.1, -0.05) is 43.3 Å². The highest BCUT2D eigenvalue weighted by atomic mass is 16.5. The fourth-order valence-electron chi connectivity index (χ4n) is 4.11. The first-order valence-corrected chi connectivity index (χ1v) is 10.7. The Morgan fingerprint density at radius 2 is 1.65 bits per heavy atom. The second-order valence-electron chi connectivity index (χ2n) is 8.54. The van der Waals surface area contributed by atoms with Gasteiger partial charge >= 0.3 is 6.09 Å². The Hall–Kier alpha value is -2.73. The van der Waals surface area contributed by atoms with Crippen LogP contribution >= 0.6 is 0 Å². The number of carbonyl (C=O) groups excluding carboxylic acids is 1. The molecule has 2 atom stereocenters. The lowest BCUT2D eigenvalue weighted by Crippen LogP contribution is -2.36. The maximum Gasteiger partial charge on any atom is 0.409 e. The molecular weight excluding hydrogens is 394 g/mol. The van der Waals surface area contributed by atoms with E-state index < -0.39 is 0 Å². The van der Waals surface area contributed by atoms with Crippen LogP contribution in [0.4, 0.5) is 4.79 Å². The minimum absolute atomic E-state index is 0.172. The minimum atomic E-state index is -0.387. The van der Waals surface area contributed by atoms with Crippen LogP contribution in [0.5, 0.6) is 11.5 Å². The minimum Gasteiger partial charge on any atom is -0.493 e. The third-order valence-corrected chi connectivity index (χ3v) is 6.32. The summed E-state index contributed by atoms with van der Waals surface area (Å²) in [6.45, 7) is 5.01. The molecule has 1 aliphatic carbocycles. The van der Waals surface area contributed by atoms with Crippen LogP contribution < -0.4 is 9.47 Å². The molecule has 2 aromatic carbocycles. The van der Waals surface area contributed by atoms with Crippen LogP contribution in [0.1, 0.15) is 31.4 Å². The number of carbonyl (C=O) groups is 1. The predicted molar refractivity (Wildman–Crippen MR) is 120 cm³/mol. The van der Waals surface area contributed by atoms with Gasteiger partial charge in [-0.05, 0) is 36.6 Å². The van der Waals surface area contributed by atoms with Gasteiger partial charge in [0.15, 0.2) is 11.5 Å². The van der Waals surface area contributed by atoms with Crippen molar-refractivity contribution >= 4 is 6.09 Å². The number of nitrogens with zero attached hydrogens (tertiary/aromatic N) is 1. The molecular formula is C25H33NO5. The molecule has 1 N–H and O–H groups in total. The Labute approximate surface area is 184 Å². The summed E-state index contributed by atoms with van der Waals surface area (Å²) in [4.78, 5) is 12.8. The molecule has 0 aromatic heterocycles. The van der Waals surface area contributed by atoms with Crippen molar-refractivity contribution in [1.82, 2.24) is 4.90 Å². The van der Waals surface area contributed by atoms with Crippen LogP contribution in [0.2, 0.25) is 0 Å². The van der Waals surface area contributed by atoms with E-state index in [1.807, 2.05) is 31.2 Å². The number of amides is 1. The molecule has 1 fully saturated rings. The van der Waals surface area contributed by atoms with E-state index in [1.165, 1.54) is 18.2 Å². The first-order valence-electron chi connectivity index (χ1n) is 10.7. The second-order valence-corrected chi connectivity index (χ2v) is 8.54. The lowest BCUT2D eigenvalue weighted by molar-refractivity contribution is 0.0567. The summed E-state index contributed by atoms with van der Waals surface area (Å²) in [5.41, 5.74) is 2.63. The number of aliphatic hydroxyl groups is 1. The van der Waals surface area contributed by atoms with Gasteiger partial charge in [0.2, 0.25) is 0 Å². The average Bonchev–Trinajstić information content (AvgIpc) is 3.38. The number of ether oxygens (including phenoxy) is 3. The maximum absolute atomic E-state index is 11.1. The van der Waals surface area contributed by atoms with Gasteiger partial charge in [-0.3, -0.25) is 0 Å². The Morgan fingerprint density at radius 3 is 2.16 bits per heavy atom. The van der Waals surface area contributed by atoms with Crippen LogP contribution in [0.3, 0.4) is 0 Å². The van der Waals surface area contributed by atoms with Gasteiger partial charge in [0.1, 0.15) is 6.10 Å². The van der Waals surface area contributed by atoms with Gasteiger partial charge in [0, 0.05) is 31.3 Å². The molecule has 0 saturated carbocycles. The largest absolute Gasteiger partial charge is 0.493 e. The second kappa shape index (κ2) is 10.1. The van der Waals surface area contributed by atoms with Crippen LogP contribution in [0, 0.1) is 5.41 Å². The number of hydrogen-bond acceptors (Lipinski definition) is 5. The summed E-state index contributed by atoms with van der Waals surface area (Å²) in [6.07, 6.45) is 2.33. The van der Waals surface area contributed by atoms with Crippen LogP contribution in [-0.2, 0) is 17.6 Å². The van der Waals surface area contributed by atoms with Gasteiger partial charge in [-0.2, -0.15) is 0 Å². The fraction of sp³-hybridized carbons (Fsp3) is 0.480. The molecule has 0 radical (unpaired) electrons. The SMILES string of the molecule is COC(=O)N1CC[C@@](C)([C@H](C)O)C1.COc1ccccc1OC1Cc2ccccc2C1. The van der Waals surface area contributed by atoms with Gasteiger partial charge in [0.25, 0.3) is 0 Å². The summed E-state index contributed by atoms with van der Waals surface area (Å²) in [7, 11) is 3.05. The molecule has 1 saturated heterocycles. The number of aliphatic hydroxyl groups excluding tert-OH is 1. The van der Waals surface area contributed by atoms with Gasteiger partial charge in [-0.15, -0.1) is 0 Å². The number of fused-ring (bicyclic) bond motifs is 1. The molecule has 168 valence electrons. The Kier molecular flexibility index (Phi) is 7.44. The van der Waals surface area contributed by atoms with E-state index in [0.717, 1.165) is 30.8 Å². The maximum atomic E-state index is 11.1. The standard InChI is InChI=1S/C16H16O2.C9H17NO3/c1-17-15-8-4-5-9-16(15)18-14-10-12-6-2-3-7-13(12)11-14;1-7(11)9(2)4-5-10(6-9)8(12)13-3/h2-9,14H,10-11H2,1H3;7,11H,4-6H2,1-3H3/t;7-,9+/m.0/s1. The summed E-state index contributed by atoms with van der Waals surface area (Å²) in [5.74, 6) is 1.63. The molecule has 0 unspecified atom stereocenters. The highest BCUT2D eigenvalue weighted by Crippen LogP contribution is 2.33. The van der Waals surface area contributed by atoms with E-state index in [1.54, 1.807) is 18.9 Å². The molecule has 0 spiro atoms. The van der Waals surface area contributed by atoms with Crippen molar-refractivity contribution in [3.05, 3.63) is 59.7 Å². The Balaban J connectivity index is 0.000000187. The quantitative estimate of drug-likeness (QED) is 0.796. The molecule has 1 aliphatic heterocycles. The van der Waals surface area contributed by atoms with Gasteiger partial charge in [0.05, 0.1) is 20.3 Å². The Morgan fingerprint density at radius 1 is 1.06 bits per heavy atom. The fourth-order valence-corrected chi connectivity index (χ4v) is 4.11. The average molecular weight is 428 g/mol. The predicted octanol–water partition coefficient (Wildman–Crippen LogP) is 4.09. The normalized spacial score (nSPS) is 21.0. The van der Waals surface area contributed by atoms with Crippen molar-refractivity contribution in [3.63, 3.8) is 0 Å². The summed E-state index contributed by atoms with van der Waals surface area (Å²) < 4.78 is 16.0. The topological polar surface area (TPSA) is 68.2 Å². The smallest absolute Gasteiger partial charge is 0.409 e. The number of para-hydroxylation sites is 2. The zero-order chi connectivity index (χ0) is 22.4. The van der Waals surface area contributed by atoms with E-state index in [4.69, 9.17) is 9.47 Å². The molecule has 6 heteroatoms. The summed E-state index contributed by atoms with van der Waals surface area (Å²) >= 11 is 0.